The van der Waals surface area contributed by atoms with Gasteiger partial charge in [-0.1, -0.05) is 37.2 Å². The van der Waals surface area contributed by atoms with E-state index in [0.29, 0.717) is 41.6 Å². The molecular formula is C20H34N8O3S. The number of thioether (sulfide) groups is 1. The molecule has 0 aromatic carbocycles. The summed E-state index contributed by atoms with van der Waals surface area (Å²) in [6.45, 7) is 5.86. The van der Waals surface area contributed by atoms with Gasteiger partial charge in [0.2, 0.25) is 5.91 Å². The third kappa shape index (κ3) is 5.48. The molecule has 0 aliphatic heterocycles. The average molecular weight is 467 g/mol. The van der Waals surface area contributed by atoms with Crippen LogP contribution >= 0.6 is 11.8 Å². The number of hydrogen-bond acceptors (Lipinski definition) is 10. The van der Waals surface area contributed by atoms with Crippen LogP contribution in [0, 0.1) is 5.92 Å². The number of carbonyl (C=O) groups excluding carboxylic acids is 1. The maximum absolute atomic E-state index is 12.5. The average Bonchev–Trinajstić information content (AvgIpc) is 3.33. The molecular weight excluding hydrogens is 432 g/mol. The zero-order valence-electron chi connectivity index (χ0n) is 18.7. The van der Waals surface area contributed by atoms with Crippen LogP contribution in [0.15, 0.2) is 5.16 Å². The van der Waals surface area contributed by atoms with Crippen molar-refractivity contribution in [3.05, 3.63) is 0 Å². The van der Waals surface area contributed by atoms with Crippen LogP contribution in [0.25, 0.3) is 11.2 Å². The van der Waals surface area contributed by atoms with Gasteiger partial charge in [0.1, 0.15) is 6.10 Å². The molecule has 12 heteroatoms. The van der Waals surface area contributed by atoms with Crippen LogP contribution in [0.5, 0.6) is 0 Å². The highest BCUT2D eigenvalue weighted by molar-refractivity contribution is 7.99. The number of aromatic nitrogens is 5. The van der Waals surface area contributed by atoms with Gasteiger partial charge in [0.15, 0.2) is 22.1 Å². The molecule has 2 aromatic rings. The van der Waals surface area contributed by atoms with Gasteiger partial charge in [-0.15, -0.1) is 5.10 Å². The molecule has 178 valence electrons. The largest absolute Gasteiger partial charge is 0.390 e. The molecule has 4 atom stereocenters. The van der Waals surface area contributed by atoms with Crippen LogP contribution in [-0.4, -0.2) is 78.7 Å². The lowest BCUT2D eigenvalue weighted by molar-refractivity contribution is -0.128. The number of hydrogen-bond donors (Lipinski definition) is 5. The second kappa shape index (κ2) is 11.7. The fourth-order valence-electron chi connectivity index (χ4n) is 3.75. The second-order valence-electron chi connectivity index (χ2n) is 8.01. The van der Waals surface area contributed by atoms with E-state index >= 15 is 0 Å². The molecule has 11 nitrogen and oxygen atoms in total. The summed E-state index contributed by atoms with van der Waals surface area (Å²) in [5, 5.41) is 36.5. The lowest BCUT2D eigenvalue weighted by Crippen LogP contribution is -2.38. The number of nitrogens with two attached hydrogens (primary N) is 1. The van der Waals surface area contributed by atoms with E-state index in [1.165, 1.54) is 4.68 Å². The first-order valence-electron chi connectivity index (χ1n) is 11.3. The van der Waals surface area contributed by atoms with Gasteiger partial charge in [0.05, 0.1) is 18.1 Å². The van der Waals surface area contributed by atoms with Crippen LogP contribution in [0.3, 0.4) is 0 Å². The molecule has 1 aliphatic carbocycles. The molecule has 0 unspecified atom stereocenters. The molecule has 2 heterocycles. The summed E-state index contributed by atoms with van der Waals surface area (Å²) in [4.78, 5) is 21.8. The van der Waals surface area contributed by atoms with Crippen molar-refractivity contribution >= 4 is 34.7 Å². The number of rotatable bonds is 12. The van der Waals surface area contributed by atoms with E-state index in [-0.39, 0.29) is 12.3 Å². The molecule has 0 spiro atoms. The van der Waals surface area contributed by atoms with Gasteiger partial charge in [-0.2, -0.15) is 0 Å². The van der Waals surface area contributed by atoms with Crippen molar-refractivity contribution in [2.75, 3.05) is 30.7 Å². The van der Waals surface area contributed by atoms with Gasteiger partial charge in [-0.3, -0.25) is 4.79 Å². The number of anilines is 1. The molecule has 2 aromatic heterocycles. The molecule has 3 rings (SSSR count). The maximum atomic E-state index is 12.5. The number of unbranched alkanes of at least 4 members (excludes halogenated alkanes) is 1. The fourth-order valence-corrected chi connectivity index (χ4v) is 4.45. The highest BCUT2D eigenvalue weighted by Gasteiger charge is 2.47. The van der Waals surface area contributed by atoms with E-state index in [9.17, 15) is 15.0 Å². The zero-order chi connectivity index (χ0) is 23.1. The standard InChI is InChI=1S/C20H34N8O3S/c1-3-5-8-22-17-14-18(25-20(24-17)32-10-4-2)28(27-26-14)13-11-12(15(29)16(13)30)19(31)23-9-6-7-21/h12-13,15-16,29-30H,3-11,21H2,1-2H3,(H,23,31)(H,22,24,25)/t12-,13+,15+,16-/m0/s1. The summed E-state index contributed by atoms with van der Waals surface area (Å²) in [5.74, 6) is 0.437. The maximum Gasteiger partial charge on any atom is 0.225 e. The number of aliphatic hydroxyl groups is 2. The van der Waals surface area contributed by atoms with E-state index < -0.39 is 24.2 Å². The van der Waals surface area contributed by atoms with Gasteiger partial charge in [0.25, 0.3) is 0 Å². The van der Waals surface area contributed by atoms with Crippen molar-refractivity contribution in [1.29, 1.82) is 0 Å². The van der Waals surface area contributed by atoms with E-state index in [2.05, 4.69) is 44.8 Å². The van der Waals surface area contributed by atoms with Gasteiger partial charge < -0.3 is 26.6 Å². The Labute approximate surface area is 191 Å². The molecule has 0 radical (unpaired) electrons. The zero-order valence-corrected chi connectivity index (χ0v) is 19.5. The molecule has 0 bridgehead atoms. The smallest absolute Gasteiger partial charge is 0.225 e. The van der Waals surface area contributed by atoms with Crippen molar-refractivity contribution < 1.29 is 15.0 Å². The fraction of sp³-hybridized carbons (Fsp3) is 0.750. The lowest BCUT2D eigenvalue weighted by atomic mass is 10.0. The Balaban J connectivity index is 1.88. The van der Waals surface area contributed by atoms with Crippen LogP contribution in [-0.2, 0) is 4.79 Å². The predicted octanol–water partition coefficient (Wildman–Crippen LogP) is 0.683. The molecule has 1 amide bonds. The number of carbonyl (C=O) groups is 1. The van der Waals surface area contributed by atoms with Crippen molar-refractivity contribution in [2.45, 2.75) is 69.4 Å². The Kier molecular flexibility index (Phi) is 9.02. The van der Waals surface area contributed by atoms with Gasteiger partial charge in [0, 0.05) is 18.8 Å². The monoisotopic (exact) mass is 466 g/mol. The van der Waals surface area contributed by atoms with Crippen molar-refractivity contribution in [3.63, 3.8) is 0 Å². The van der Waals surface area contributed by atoms with Crippen LogP contribution in [0.4, 0.5) is 5.82 Å². The number of amides is 1. The minimum atomic E-state index is -1.20. The third-order valence-corrected chi connectivity index (χ3v) is 6.60. The Morgan fingerprint density at radius 2 is 2.00 bits per heavy atom. The molecule has 32 heavy (non-hydrogen) atoms. The third-order valence-electron chi connectivity index (χ3n) is 5.54. The molecule has 6 N–H and O–H groups in total. The van der Waals surface area contributed by atoms with Gasteiger partial charge in [-0.05, 0) is 32.2 Å². The van der Waals surface area contributed by atoms with Crippen LogP contribution in [0.1, 0.15) is 52.0 Å². The molecule has 1 aliphatic rings. The van der Waals surface area contributed by atoms with Gasteiger partial charge >= 0.3 is 0 Å². The first kappa shape index (κ1) is 24.6. The summed E-state index contributed by atoms with van der Waals surface area (Å²) < 4.78 is 1.53. The molecule has 1 saturated carbocycles. The minimum Gasteiger partial charge on any atom is -0.390 e. The molecule has 1 fully saturated rings. The van der Waals surface area contributed by atoms with E-state index in [0.717, 1.165) is 31.6 Å². The normalized spacial score (nSPS) is 23.0. The first-order chi connectivity index (χ1) is 15.5. The minimum absolute atomic E-state index is 0.231. The van der Waals surface area contributed by atoms with Gasteiger partial charge in [-0.25, -0.2) is 14.6 Å². The number of aliphatic hydroxyl groups excluding tert-OH is 2. The topological polar surface area (TPSA) is 164 Å². The Hall–Kier alpha value is -2.02. The summed E-state index contributed by atoms with van der Waals surface area (Å²) in [6.07, 6.45) is 1.54. The summed E-state index contributed by atoms with van der Waals surface area (Å²) in [7, 11) is 0. The predicted molar refractivity (Wildman–Crippen MR) is 123 cm³/mol. The Bertz CT molecular complexity index is 895. The second-order valence-corrected chi connectivity index (χ2v) is 9.08. The van der Waals surface area contributed by atoms with E-state index in [1.54, 1.807) is 11.8 Å². The Morgan fingerprint density at radius 1 is 1.19 bits per heavy atom. The highest BCUT2D eigenvalue weighted by Crippen LogP contribution is 2.37. The highest BCUT2D eigenvalue weighted by atomic mass is 32.2. The van der Waals surface area contributed by atoms with Crippen LogP contribution < -0.4 is 16.4 Å². The van der Waals surface area contributed by atoms with Crippen molar-refractivity contribution in [3.8, 4) is 0 Å². The van der Waals surface area contributed by atoms with E-state index in [4.69, 9.17) is 5.73 Å². The Morgan fingerprint density at radius 3 is 2.72 bits per heavy atom. The summed E-state index contributed by atoms with van der Waals surface area (Å²) >= 11 is 1.54. The molecule has 0 saturated heterocycles. The first-order valence-corrected chi connectivity index (χ1v) is 12.3. The number of fused-ring (bicyclic) bond motifs is 1. The number of nitrogens with zero attached hydrogens (tertiary/aromatic N) is 5. The summed E-state index contributed by atoms with van der Waals surface area (Å²) in [5.41, 5.74) is 6.47. The van der Waals surface area contributed by atoms with E-state index in [1.807, 2.05) is 0 Å². The number of nitrogens with one attached hydrogen (secondary N) is 2. The lowest BCUT2D eigenvalue weighted by Gasteiger charge is -2.17. The summed E-state index contributed by atoms with van der Waals surface area (Å²) in [6, 6.07) is -0.623. The van der Waals surface area contributed by atoms with Crippen molar-refractivity contribution in [2.24, 2.45) is 11.7 Å². The van der Waals surface area contributed by atoms with Crippen LogP contribution in [0.2, 0.25) is 0 Å². The quantitative estimate of drug-likeness (QED) is 0.171. The van der Waals surface area contributed by atoms with Crippen molar-refractivity contribution in [1.82, 2.24) is 30.3 Å². The SMILES string of the molecule is CCCCNc1nc(SCCC)nc2c1nnn2[C@@H]1C[C@H](C(=O)NCCCN)[C@@H](O)[C@H]1O.